The van der Waals surface area contributed by atoms with Gasteiger partial charge in [0.2, 0.25) is 0 Å². The minimum absolute atomic E-state index is 0.0999. The quantitative estimate of drug-likeness (QED) is 0.170. The molecule has 1 aliphatic rings. The van der Waals surface area contributed by atoms with Crippen LogP contribution in [0.3, 0.4) is 0 Å². The summed E-state index contributed by atoms with van der Waals surface area (Å²) in [5.74, 6) is 0.758. The Bertz CT molecular complexity index is 3950. The van der Waals surface area contributed by atoms with E-state index in [0.717, 1.165) is 78.7 Å². The first-order valence-corrected chi connectivity index (χ1v) is 22.8. The molecule has 0 bridgehead atoms. The van der Waals surface area contributed by atoms with E-state index in [2.05, 4.69) is 206 Å². The zero-order valence-electron chi connectivity index (χ0n) is 35.0. The molecule has 0 spiro atoms. The van der Waals surface area contributed by atoms with Crippen LogP contribution in [0, 0.1) is 5.92 Å². The molecule has 0 saturated carbocycles. The Morgan fingerprint density at radius 1 is 0.516 bits per heavy atom. The van der Waals surface area contributed by atoms with E-state index in [0.29, 0.717) is 5.84 Å². The van der Waals surface area contributed by atoms with E-state index in [1.165, 1.54) is 47.3 Å². The van der Waals surface area contributed by atoms with Crippen molar-refractivity contribution in [3.8, 4) is 16.8 Å². The van der Waals surface area contributed by atoms with E-state index in [4.69, 9.17) is 14.4 Å². The molecule has 302 valence electrons. The summed E-state index contributed by atoms with van der Waals surface area (Å²) >= 11 is 1.83. The SMILES string of the molecule is CC1C/C=C(c2ccc3c(c2)sc2ccccc23)/N=C(c2ccc(-n3c4ccccc4c4cc5ccccc5cc43)c3oc4ccccc4c23)\N=C/1c1cccc(-c2ccccc2)c1. The fourth-order valence-corrected chi connectivity index (χ4v) is 11.1. The molecule has 1 aliphatic heterocycles. The van der Waals surface area contributed by atoms with Gasteiger partial charge in [-0.15, -0.1) is 11.3 Å². The van der Waals surface area contributed by atoms with E-state index >= 15 is 0 Å². The molecule has 0 amide bonds. The summed E-state index contributed by atoms with van der Waals surface area (Å²) in [6.45, 7) is 2.29. The smallest absolute Gasteiger partial charge is 0.160 e. The lowest BCUT2D eigenvalue weighted by Crippen LogP contribution is -2.17. The van der Waals surface area contributed by atoms with E-state index in [1.807, 2.05) is 17.4 Å². The Morgan fingerprint density at radius 3 is 2.12 bits per heavy atom. The number of rotatable bonds is 5. The predicted octanol–water partition coefficient (Wildman–Crippen LogP) is 16.2. The Morgan fingerprint density at radius 2 is 1.23 bits per heavy atom. The van der Waals surface area contributed by atoms with Crippen molar-refractivity contribution >= 4 is 103 Å². The molecule has 1 atom stereocenters. The molecule has 0 N–H and O–H groups in total. The third-order valence-corrected chi connectivity index (χ3v) is 14.2. The lowest BCUT2D eigenvalue weighted by Gasteiger charge is -2.19. The Hall–Kier alpha value is -7.86. The van der Waals surface area contributed by atoms with Gasteiger partial charge in [0.1, 0.15) is 5.58 Å². The Balaban J connectivity index is 1.07. The van der Waals surface area contributed by atoms with Crippen molar-refractivity contribution < 1.29 is 4.42 Å². The molecule has 64 heavy (non-hydrogen) atoms. The molecular weight excluding hydrogens is 799 g/mol. The van der Waals surface area contributed by atoms with Crippen LogP contribution in [0.5, 0.6) is 0 Å². The van der Waals surface area contributed by atoms with Crippen LogP contribution in [-0.2, 0) is 0 Å². The van der Waals surface area contributed by atoms with Gasteiger partial charge in [0.15, 0.2) is 11.4 Å². The summed E-state index contributed by atoms with van der Waals surface area (Å²) in [5, 5.41) is 9.40. The van der Waals surface area contributed by atoms with Crippen LogP contribution in [0.1, 0.15) is 30.0 Å². The molecule has 0 radical (unpaired) electrons. The lowest BCUT2D eigenvalue weighted by atomic mass is 9.91. The lowest BCUT2D eigenvalue weighted by molar-refractivity contribution is 0.666. The Kier molecular flexibility index (Phi) is 8.40. The molecule has 9 aromatic carbocycles. The number of hydrogen-bond donors (Lipinski definition) is 0. The highest BCUT2D eigenvalue weighted by Gasteiger charge is 2.25. The van der Waals surface area contributed by atoms with Gasteiger partial charge in [0.05, 0.1) is 28.1 Å². The number of benzene rings is 9. The predicted molar refractivity (Wildman–Crippen MR) is 272 cm³/mol. The van der Waals surface area contributed by atoms with Gasteiger partial charge in [-0.1, -0.05) is 153 Å². The van der Waals surface area contributed by atoms with Gasteiger partial charge in [-0.3, -0.25) is 0 Å². The molecule has 4 heterocycles. The molecule has 3 aromatic heterocycles. The van der Waals surface area contributed by atoms with Crippen LogP contribution < -0.4 is 0 Å². The topological polar surface area (TPSA) is 42.8 Å². The van der Waals surface area contributed by atoms with E-state index in [-0.39, 0.29) is 5.92 Å². The van der Waals surface area contributed by atoms with Crippen molar-refractivity contribution in [2.24, 2.45) is 15.9 Å². The fraction of sp³-hybridized carbons (Fsp3) is 0.0508. The second-order valence-electron chi connectivity index (χ2n) is 16.9. The second kappa shape index (κ2) is 14.6. The third kappa shape index (κ3) is 5.89. The molecule has 5 heteroatoms. The number of allylic oxidation sites excluding steroid dienone is 1. The normalized spacial score (nSPS) is 17.1. The van der Waals surface area contributed by atoms with E-state index < -0.39 is 0 Å². The molecule has 12 aromatic rings. The monoisotopic (exact) mass is 837 g/mol. The van der Waals surface area contributed by atoms with Crippen LogP contribution in [-0.4, -0.2) is 16.1 Å². The summed E-state index contributed by atoms with van der Waals surface area (Å²) in [4.78, 5) is 11.3. The minimum Gasteiger partial charge on any atom is -0.454 e. The van der Waals surface area contributed by atoms with Gasteiger partial charge in [-0.05, 0) is 88.5 Å². The molecule has 0 aliphatic carbocycles. The standard InChI is InChI=1S/C59H39N3OS/c1-36-26-30-49(41-27-28-45-44-21-9-12-25-54(44)64-55(45)35-41)60-59(61-57(36)42-19-13-18-38(32-42)37-14-3-2-4-15-37)47-29-31-51(58-56(47)46-22-8-11-24-53(46)63-58)62-50-23-10-7-20-43(50)48-33-39-16-5-6-17-40(39)34-52(48)62/h2-25,27-36H,26H2,1H3/b49-30+,60-59-,61-57+. The number of fused-ring (bicyclic) bond motifs is 10. The number of para-hydroxylation sites is 2. The second-order valence-corrected chi connectivity index (χ2v) is 18.0. The zero-order chi connectivity index (χ0) is 42.3. The van der Waals surface area contributed by atoms with Crippen LogP contribution in [0.25, 0.3) is 97.2 Å². The molecule has 4 nitrogen and oxygen atoms in total. The first-order valence-electron chi connectivity index (χ1n) is 21.9. The number of hydrogen-bond acceptors (Lipinski definition) is 4. The van der Waals surface area contributed by atoms with Gasteiger partial charge >= 0.3 is 0 Å². The maximum absolute atomic E-state index is 7.03. The summed E-state index contributed by atoms with van der Waals surface area (Å²) in [6.07, 6.45) is 3.10. The van der Waals surface area contributed by atoms with Crippen molar-refractivity contribution in [2.45, 2.75) is 13.3 Å². The van der Waals surface area contributed by atoms with Crippen LogP contribution in [0.2, 0.25) is 0 Å². The zero-order valence-corrected chi connectivity index (χ0v) is 35.8. The molecule has 13 rings (SSSR count). The summed E-state index contributed by atoms with van der Waals surface area (Å²) in [5.41, 5.74) is 12.2. The van der Waals surface area contributed by atoms with Gasteiger partial charge in [-0.2, -0.15) is 0 Å². The van der Waals surface area contributed by atoms with Crippen molar-refractivity contribution in [1.82, 2.24) is 4.57 Å². The molecule has 1 unspecified atom stereocenters. The highest BCUT2D eigenvalue weighted by atomic mass is 32.1. The van der Waals surface area contributed by atoms with Crippen LogP contribution >= 0.6 is 11.3 Å². The maximum Gasteiger partial charge on any atom is 0.160 e. The van der Waals surface area contributed by atoms with Crippen molar-refractivity contribution in [2.75, 3.05) is 0 Å². The maximum atomic E-state index is 7.03. The van der Waals surface area contributed by atoms with E-state index in [1.54, 1.807) is 0 Å². The number of nitrogens with zero attached hydrogens (tertiary/aromatic N) is 3. The largest absolute Gasteiger partial charge is 0.454 e. The number of thiophene rings is 1. The Labute approximate surface area is 373 Å². The first-order chi connectivity index (χ1) is 31.6. The molecule has 0 saturated heterocycles. The molecule has 0 fully saturated rings. The van der Waals surface area contributed by atoms with Crippen LogP contribution in [0.4, 0.5) is 0 Å². The average Bonchev–Trinajstić information content (AvgIpc) is 4.02. The van der Waals surface area contributed by atoms with Gasteiger partial charge in [-0.25, -0.2) is 9.98 Å². The molecular formula is C59H39N3OS. The summed E-state index contributed by atoms with van der Waals surface area (Å²) < 4.78 is 11.9. The van der Waals surface area contributed by atoms with Crippen LogP contribution in [0.15, 0.2) is 215 Å². The van der Waals surface area contributed by atoms with Gasteiger partial charge in [0, 0.05) is 58.8 Å². The highest BCUT2D eigenvalue weighted by molar-refractivity contribution is 7.25. The van der Waals surface area contributed by atoms with Gasteiger partial charge in [0.25, 0.3) is 0 Å². The fourth-order valence-electron chi connectivity index (χ4n) is 9.93. The summed E-state index contributed by atoms with van der Waals surface area (Å²) in [7, 11) is 0. The number of aliphatic imine (C=N–C) groups is 2. The van der Waals surface area contributed by atoms with Crippen molar-refractivity contribution in [3.63, 3.8) is 0 Å². The number of aromatic nitrogens is 1. The highest BCUT2D eigenvalue weighted by Crippen LogP contribution is 2.42. The first kappa shape index (κ1) is 36.8. The van der Waals surface area contributed by atoms with Gasteiger partial charge < -0.3 is 8.98 Å². The minimum atomic E-state index is 0.0999. The average molecular weight is 838 g/mol. The number of amidine groups is 1. The third-order valence-electron chi connectivity index (χ3n) is 13.1. The van der Waals surface area contributed by atoms with Crippen molar-refractivity contribution in [3.05, 3.63) is 217 Å². The van der Waals surface area contributed by atoms with Crippen molar-refractivity contribution in [1.29, 1.82) is 0 Å². The van der Waals surface area contributed by atoms with E-state index in [9.17, 15) is 0 Å². The number of furan rings is 1. The summed E-state index contributed by atoms with van der Waals surface area (Å²) in [6, 6.07) is 69.6.